The van der Waals surface area contributed by atoms with Gasteiger partial charge < -0.3 is 10.4 Å². The minimum absolute atomic E-state index is 0.287. The van der Waals surface area contributed by atoms with E-state index < -0.39 is 5.97 Å². The van der Waals surface area contributed by atoms with Crippen LogP contribution in [0.4, 0.5) is 0 Å². The van der Waals surface area contributed by atoms with Gasteiger partial charge in [0.2, 0.25) is 0 Å². The summed E-state index contributed by atoms with van der Waals surface area (Å²) in [5.74, 6) is -1.02. The molecule has 0 aromatic heterocycles. The Kier molecular flexibility index (Phi) is 7.21. The van der Waals surface area contributed by atoms with Crippen molar-refractivity contribution in [1.29, 1.82) is 5.26 Å². The first-order chi connectivity index (χ1) is 9.93. The first-order valence-corrected chi connectivity index (χ1v) is 7.46. The number of carboxylic acid groups (broad SMARTS) is 1. The van der Waals surface area contributed by atoms with Gasteiger partial charge >= 0.3 is 5.97 Å². The van der Waals surface area contributed by atoms with Crippen molar-refractivity contribution in [2.45, 2.75) is 45.7 Å². The van der Waals surface area contributed by atoms with Gasteiger partial charge in [0.1, 0.15) is 0 Å². The quantitative estimate of drug-likeness (QED) is 0.770. The monoisotopic (exact) mass is 308 g/mol. The van der Waals surface area contributed by atoms with Crippen molar-refractivity contribution >= 4 is 17.6 Å². The van der Waals surface area contributed by atoms with Crippen LogP contribution in [0.2, 0.25) is 5.02 Å². The summed E-state index contributed by atoms with van der Waals surface area (Å²) in [5.41, 5.74) is 1.51. The van der Waals surface area contributed by atoms with Crippen molar-refractivity contribution in [2.75, 3.05) is 0 Å². The summed E-state index contributed by atoms with van der Waals surface area (Å²) in [6, 6.07) is 7.61. The smallest absolute Gasteiger partial charge is 0.306 e. The van der Waals surface area contributed by atoms with Gasteiger partial charge in [-0.3, -0.25) is 4.79 Å². The van der Waals surface area contributed by atoms with E-state index in [1.54, 1.807) is 19.1 Å². The zero-order valence-corrected chi connectivity index (χ0v) is 13.2. The molecule has 2 N–H and O–H groups in total. The summed E-state index contributed by atoms with van der Waals surface area (Å²) in [6.45, 7) is 4.44. The van der Waals surface area contributed by atoms with Crippen LogP contribution in [0.1, 0.15) is 44.2 Å². The van der Waals surface area contributed by atoms with Crippen LogP contribution in [-0.4, -0.2) is 17.1 Å². The van der Waals surface area contributed by atoms with Crippen LogP contribution >= 0.6 is 11.6 Å². The van der Waals surface area contributed by atoms with E-state index in [4.69, 9.17) is 22.0 Å². The van der Waals surface area contributed by atoms with Crippen molar-refractivity contribution in [3.8, 4) is 6.07 Å². The zero-order valence-electron chi connectivity index (χ0n) is 12.4. The highest BCUT2D eigenvalue weighted by molar-refractivity contribution is 6.31. The van der Waals surface area contributed by atoms with Crippen LogP contribution in [-0.2, 0) is 11.3 Å². The number of aliphatic carboxylic acids is 1. The number of hydrogen-bond donors (Lipinski definition) is 2. The number of nitrogens with one attached hydrogen (secondary N) is 1. The molecule has 1 rings (SSSR count). The van der Waals surface area contributed by atoms with E-state index >= 15 is 0 Å². The SMILES string of the molecule is CC(CCCC(C)C(=O)O)NCc1ccc(C#N)cc1Cl. The van der Waals surface area contributed by atoms with Crippen molar-refractivity contribution in [3.05, 3.63) is 34.3 Å². The lowest BCUT2D eigenvalue weighted by Crippen LogP contribution is -2.25. The summed E-state index contributed by atoms with van der Waals surface area (Å²) in [7, 11) is 0. The second-order valence-electron chi connectivity index (χ2n) is 5.37. The predicted octanol–water partition coefficient (Wildman–Crippen LogP) is 3.58. The molecule has 0 aliphatic carbocycles. The predicted molar refractivity (Wildman–Crippen MR) is 83.1 cm³/mol. The van der Waals surface area contributed by atoms with Crippen molar-refractivity contribution in [3.63, 3.8) is 0 Å². The van der Waals surface area contributed by atoms with Gasteiger partial charge in [0, 0.05) is 17.6 Å². The largest absolute Gasteiger partial charge is 0.481 e. The molecule has 1 aromatic rings. The molecule has 114 valence electrons. The number of nitriles is 1. The maximum atomic E-state index is 10.7. The van der Waals surface area contributed by atoms with Gasteiger partial charge in [-0.1, -0.05) is 31.0 Å². The highest BCUT2D eigenvalue weighted by Crippen LogP contribution is 2.18. The molecule has 2 atom stereocenters. The average molecular weight is 309 g/mol. The summed E-state index contributed by atoms with van der Waals surface area (Å²) < 4.78 is 0. The Hall–Kier alpha value is -1.57. The molecular formula is C16H21ClN2O2. The summed E-state index contributed by atoms with van der Waals surface area (Å²) in [6.07, 6.45) is 2.49. The van der Waals surface area contributed by atoms with E-state index in [2.05, 4.69) is 18.3 Å². The molecular weight excluding hydrogens is 288 g/mol. The second-order valence-corrected chi connectivity index (χ2v) is 5.78. The lowest BCUT2D eigenvalue weighted by Gasteiger charge is -2.15. The van der Waals surface area contributed by atoms with E-state index in [-0.39, 0.29) is 12.0 Å². The molecule has 0 amide bonds. The molecule has 0 saturated heterocycles. The Morgan fingerprint density at radius 3 is 2.71 bits per heavy atom. The molecule has 0 bridgehead atoms. The van der Waals surface area contributed by atoms with Gasteiger partial charge in [0.25, 0.3) is 0 Å². The lowest BCUT2D eigenvalue weighted by molar-refractivity contribution is -0.141. The van der Waals surface area contributed by atoms with E-state index in [1.807, 2.05) is 6.07 Å². The van der Waals surface area contributed by atoms with Crippen LogP contribution in [0.5, 0.6) is 0 Å². The van der Waals surface area contributed by atoms with E-state index in [1.165, 1.54) is 0 Å². The molecule has 0 fully saturated rings. The molecule has 5 heteroatoms. The van der Waals surface area contributed by atoms with Gasteiger partial charge in [-0.05, 0) is 37.5 Å². The summed E-state index contributed by atoms with van der Waals surface area (Å²) in [5, 5.41) is 21.6. The first-order valence-electron chi connectivity index (χ1n) is 7.08. The molecule has 0 heterocycles. The number of rotatable bonds is 8. The van der Waals surface area contributed by atoms with Crippen LogP contribution in [0.3, 0.4) is 0 Å². The maximum Gasteiger partial charge on any atom is 0.306 e. The fourth-order valence-electron chi connectivity index (χ4n) is 2.00. The number of carbonyl (C=O) groups is 1. The van der Waals surface area contributed by atoms with Crippen LogP contribution in [0, 0.1) is 17.2 Å². The van der Waals surface area contributed by atoms with E-state index in [0.717, 1.165) is 18.4 Å². The third kappa shape index (κ3) is 6.16. The maximum absolute atomic E-state index is 10.7. The fraction of sp³-hybridized carbons (Fsp3) is 0.500. The number of benzene rings is 1. The Morgan fingerprint density at radius 2 is 2.14 bits per heavy atom. The Balaban J connectivity index is 2.35. The Morgan fingerprint density at radius 1 is 1.43 bits per heavy atom. The molecule has 21 heavy (non-hydrogen) atoms. The fourth-order valence-corrected chi connectivity index (χ4v) is 2.25. The first kappa shape index (κ1) is 17.5. The van der Waals surface area contributed by atoms with Gasteiger partial charge in [-0.25, -0.2) is 0 Å². The summed E-state index contributed by atoms with van der Waals surface area (Å²) in [4.78, 5) is 10.7. The number of carboxylic acids is 1. The molecule has 0 saturated carbocycles. The molecule has 0 spiro atoms. The molecule has 4 nitrogen and oxygen atoms in total. The lowest BCUT2D eigenvalue weighted by atomic mass is 10.0. The van der Waals surface area contributed by atoms with Crippen LogP contribution < -0.4 is 5.32 Å². The van der Waals surface area contributed by atoms with Gasteiger partial charge in [0.15, 0.2) is 0 Å². The van der Waals surface area contributed by atoms with Crippen molar-refractivity contribution in [1.82, 2.24) is 5.32 Å². The van der Waals surface area contributed by atoms with Gasteiger partial charge in [0.05, 0.1) is 17.6 Å². The van der Waals surface area contributed by atoms with E-state index in [0.29, 0.717) is 23.6 Å². The second kappa shape index (κ2) is 8.66. The minimum atomic E-state index is -0.736. The van der Waals surface area contributed by atoms with Crippen LogP contribution in [0.15, 0.2) is 18.2 Å². The number of hydrogen-bond acceptors (Lipinski definition) is 3. The number of halogens is 1. The standard InChI is InChI=1S/C16H21ClN2O2/c1-11(16(20)21)4-3-5-12(2)19-10-14-7-6-13(9-18)8-15(14)17/h6-8,11-12,19H,3-5,10H2,1-2H3,(H,20,21). The van der Waals surface area contributed by atoms with Crippen molar-refractivity contribution in [2.24, 2.45) is 5.92 Å². The van der Waals surface area contributed by atoms with E-state index in [9.17, 15) is 4.79 Å². The molecule has 0 radical (unpaired) electrons. The Labute approximate surface area is 130 Å². The highest BCUT2D eigenvalue weighted by atomic mass is 35.5. The average Bonchev–Trinajstić information content (AvgIpc) is 2.45. The Bertz CT molecular complexity index is 525. The third-order valence-electron chi connectivity index (χ3n) is 3.52. The normalized spacial score (nSPS) is 13.4. The molecule has 0 aliphatic rings. The molecule has 1 aromatic carbocycles. The van der Waals surface area contributed by atoms with Gasteiger partial charge in [-0.2, -0.15) is 5.26 Å². The van der Waals surface area contributed by atoms with Gasteiger partial charge in [-0.15, -0.1) is 0 Å². The van der Waals surface area contributed by atoms with Crippen molar-refractivity contribution < 1.29 is 9.90 Å². The topological polar surface area (TPSA) is 73.1 Å². The summed E-state index contributed by atoms with van der Waals surface area (Å²) >= 11 is 6.12. The number of nitrogens with zero attached hydrogens (tertiary/aromatic N) is 1. The molecule has 0 aliphatic heterocycles. The highest BCUT2D eigenvalue weighted by Gasteiger charge is 2.11. The zero-order chi connectivity index (χ0) is 15.8. The third-order valence-corrected chi connectivity index (χ3v) is 3.87. The van der Waals surface area contributed by atoms with Crippen LogP contribution in [0.25, 0.3) is 0 Å². The molecule has 2 unspecified atom stereocenters. The minimum Gasteiger partial charge on any atom is -0.481 e.